The van der Waals surface area contributed by atoms with Crippen LogP contribution in [0, 0.1) is 0 Å². The first-order valence-electron chi connectivity index (χ1n) is 10.1. The fourth-order valence-electron chi connectivity index (χ4n) is 4.09. The molecule has 0 saturated heterocycles. The molecular weight excluding hydrogens is 410 g/mol. The van der Waals surface area contributed by atoms with Gasteiger partial charge in [0, 0.05) is 23.7 Å². The lowest BCUT2D eigenvalue weighted by Crippen LogP contribution is -2.23. The number of fused-ring (bicyclic) bond motifs is 2. The number of pyridine rings is 1. The van der Waals surface area contributed by atoms with Crippen molar-refractivity contribution in [2.24, 2.45) is 0 Å². The van der Waals surface area contributed by atoms with Crippen molar-refractivity contribution < 1.29 is 0 Å². The van der Waals surface area contributed by atoms with Gasteiger partial charge in [-0.3, -0.25) is 5.10 Å². The summed E-state index contributed by atoms with van der Waals surface area (Å²) in [6.07, 6.45) is 4.65. The molecule has 1 aliphatic rings. The fraction of sp³-hybridized carbons (Fsp3) is 0.130. The van der Waals surface area contributed by atoms with Gasteiger partial charge in [0.25, 0.3) is 0 Å². The molecule has 5 aromatic rings. The SMILES string of the molecule is Clc1ncccc1-c1ccc2[nH]nc(-c3cn(-c4ccc5c(c4)CNCC5)nn3)c2c1. The summed E-state index contributed by atoms with van der Waals surface area (Å²) >= 11 is 6.30. The third-order valence-corrected chi connectivity index (χ3v) is 6.01. The summed E-state index contributed by atoms with van der Waals surface area (Å²) in [5, 5.41) is 21.2. The minimum atomic E-state index is 0.472. The van der Waals surface area contributed by atoms with Gasteiger partial charge in [0.1, 0.15) is 16.5 Å². The Labute approximate surface area is 183 Å². The molecule has 2 aromatic carbocycles. The molecule has 7 nitrogen and oxygen atoms in total. The molecule has 0 fully saturated rings. The number of rotatable bonds is 3. The van der Waals surface area contributed by atoms with Gasteiger partial charge in [0.15, 0.2) is 0 Å². The second-order valence-electron chi connectivity index (χ2n) is 7.60. The maximum absolute atomic E-state index is 6.30. The van der Waals surface area contributed by atoms with Gasteiger partial charge in [-0.2, -0.15) is 5.10 Å². The minimum Gasteiger partial charge on any atom is -0.312 e. The summed E-state index contributed by atoms with van der Waals surface area (Å²) < 4.78 is 1.80. The van der Waals surface area contributed by atoms with Gasteiger partial charge in [-0.15, -0.1) is 5.10 Å². The largest absolute Gasteiger partial charge is 0.312 e. The van der Waals surface area contributed by atoms with Crippen molar-refractivity contribution in [1.29, 1.82) is 0 Å². The van der Waals surface area contributed by atoms with Gasteiger partial charge in [-0.1, -0.05) is 28.9 Å². The molecular formula is C23H18ClN7. The van der Waals surface area contributed by atoms with Gasteiger partial charge in [0.05, 0.1) is 17.4 Å². The monoisotopic (exact) mass is 427 g/mol. The Bertz CT molecular complexity index is 1420. The molecule has 31 heavy (non-hydrogen) atoms. The number of H-pyrrole nitrogens is 1. The molecule has 6 rings (SSSR count). The molecule has 3 aromatic heterocycles. The number of aromatic amines is 1. The molecule has 2 N–H and O–H groups in total. The van der Waals surface area contributed by atoms with Crippen LogP contribution in [0.3, 0.4) is 0 Å². The van der Waals surface area contributed by atoms with Crippen molar-refractivity contribution in [1.82, 2.24) is 35.5 Å². The van der Waals surface area contributed by atoms with E-state index in [9.17, 15) is 0 Å². The van der Waals surface area contributed by atoms with Crippen LogP contribution in [0.1, 0.15) is 11.1 Å². The van der Waals surface area contributed by atoms with Gasteiger partial charge in [-0.25, -0.2) is 9.67 Å². The van der Waals surface area contributed by atoms with Gasteiger partial charge < -0.3 is 5.32 Å². The lowest BCUT2D eigenvalue weighted by molar-refractivity contribution is 0.642. The molecule has 0 spiro atoms. The van der Waals surface area contributed by atoms with E-state index in [2.05, 4.69) is 55.1 Å². The van der Waals surface area contributed by atoms with Gasteiger partial charge in [-0.05, 0) is 66.1 Å². The van der Waals surface area contributed by atoms with Gasteiger partial charge in [0.2, 0.25) is 0 Å². The van der Waals surface area contributed by atoms with E-state index >= 15 is 0 Å². The molecule has 0 unspecified atom stereocenters. The number of nitrogens with zero attached hydrogens (tertiary/aromatic N) is 5. The lowest BCUT2D eigenvalue weighted by atomic mass is 10.0. The minimum absolute atomic E-state index is 0.472. The third kappa shape index (κ3) is 3.19. The van der Waals surface area contributed by atoms with Crippen LogP contribution < -0.4 is 5.32 Å². The summed E-state index contributed by atoms with van der Waals surface area (Å²) in [6.45, 7) is 1.91. The van der Waals surface area contributed by atoms with Crippen molar-refractivity contribution in [3.05, 3.63) is 77.2 Å². The Morgan fingerprint density at radius 2 is 2.00 bits per heavy atom. The Hall–Kier alpha value is -3.55. The van der Waals surface area contributed by atoms with Crippen LogP contribution in [0.15, 0.2) is 60.9 Å². The molecule has 8 heteroatoms. The molecule has 0 bridgehead atoms. The van der Waals surface area contributed by atoms with Crippen molar-refractivity contribution in [3.63, 3.8) is 0 Å². The molecule has 1 aliphatic heterocycles. The highest BCUT2D eigenvalue weighted by molar-refractivity contribution is 6.32. The molecule has 0 aliphatic carbocycles. The van der Waals surface area contributed by atoms with Crippen LogP contribution in [0.2, 0.25) is 5.15 Å². The van der Waals surface area contributed by atoms with E-state index in [4.69, 9.17) is 11.6 Å². The van der Waals surface area contributed by atoms with Crippen molar-refractivity contribution in [2.45, 2.75) is 13.0 Å². The Balaban J connectivity index is 1.40. The van der Waals surface area contributed by atoms with Gasteiger partial charge >= 0.3 is 0 Å². The number of nitrogens with one attached hydrogen (secondary N) is 2. The molecule has 152 valence electrons. The van der Waals surface area contributed by atoms with E-state index in [0.29, 0.717) is 10.8 Å². The summed E-state index contributed by atoms with van der Waals surface area (Å²) in [4.78, 5) is 4.18. The van der Waals surface area contributed by atoms with Crippen LogP contribution in [0.25, 0.3) is 39.1 Å². The van der Waals surface area contributed by atoms with E-state index in [-0.39, 0.29) is 0 Å². The number of halogens is 1. The van der Waals surface area contributed by atoms with Crippen LogP contribution >= 0.6 is 11.6 Å². The average Bonchev–Trinajstić information content (AvgIpc) is 3.46. The first-order valence-corrected chi connectivity index (χ1v) is 10.5. The lowest BCUT2D eigenvalue weighted by Gasteiger charge is -2.17. The van der Waals surface area contributed by atoms with Crippen LogP contribution in [-0.4, -0.2) is 36.7 Å². The molecule has 0 saturated carbocycles. The predicted molar refractivity (Wildman–Crippen MR) is 120 cm³/mol. The van der Waals surface area contributed by atoms with E-state index in [1.54, 1.807) is 10.9 Å². The molecule has 4 heterocycles. The number of aromatic nitrogens is 6. The average molecular weight is 428 g/mol. The fourth-order valence-corrected chi connectivity index (χ4v) is 4.31. The Kier molecular flexibility index (Phi) is 4.29. The van der Waals surface area contributed by atoms with E-state index in [1.165, 1.54) is 11.1 Å². The zero-order chi connectivity index (χ0) is 20.8. The highest BCUT2D eigenvalue weighted by atomic mass is 35.5. The van der Waals surface area contributed by atoms with Crippen LogP contribution in [0.5, 0.6) is 0 Å². The first kappa shape index (κ1) is 18.2. The Morgan fingerprint density at radius 3 is 2.94 bits per heavy atom. The van der Waals surface area contributed by atoms with Crippen LogP contribution in [-0.2, 0) is 13.0 Å². The molecule has 0 radical (unpaired) electrons. The zero-order valence-corrected chi connectivity index (χ0v) is 17.3. The smallest absolute Gasteiger partial charge is 0.136 e. The quantitative estimate of drug-likeness (QED) is 0.422. The summed E-state index contributed by atoms with van der Waals surface area (Å²) in [7, 11) is 0. The zero-order valence-electron chi connectivity index (χ0n) is 16.5. The summed E-state index contributed by atoms with van der Waals surface area (Å²) in [6, 6.07) is 16.3. The maximum atomic E-state index is 6.30. The number of hydrogen-bond donors (Lipinski definition) is 2. The topological polar surface area (TPSA) is 84.3 Å². The number of benzene rings is 2. The van der Waals surface area contributed by atoms with Crippen molar-refractivity contribution >= 4 is 22.5 Å². The second kappa shape index (κ2) is 7.30. The van der Waals surface area contributed by atoms with Crippen molar-refractivity contribution in [3.8, 4) is 28.2 Å². The number of hydrogen-bond acceptors (Lipinski definition) is 5. The second-order valence-corrected chi connectivity index (χ2v) is 7.96. The van der Waals surface area contributed by atoms with E-state index < -0.39 is 0 Å². The van der Waals surface area contributed by atoms with Crippen LogP contribution in [0.4, 0.5) is 0 Å². The summed E-state index contributed by atoms with van der Waals surface area (Å²) in [5.74, 6) is 0. The standard InChI is InChI=1S/C23H18ClN7/c24-23-18(2-1-8-26-23)15-4-6-20-19(11-15)22(29-27-20)21-13-31(30-28-21)17-5-3-14-7-9-25-12-16(14)10-17/h1-6,8,10-11,13,25H,7,9,12H2,(H,27,29). The molecule has 0 atom stereocenters. The van der Waals surface area contributed by atoms with Crippen molar-refractivity contribution in [2.75, 3.05) is 6.54 Å². The highest BCUT2D eigenvalue weighted by Gasteiger charge is 2.16. The third-order valence-electron chi connectivity index (χ3n) is 5.71. The highest BCUT2D eigenvalue weighted by Crippen LogP contribution is 2.32. The normalized spacial score (nSPS) is 13.5. The van der Waals surface area contributed by atoms with E-state index in [0.717, 1.165) is 52.9 Å². The summed E-state index contributed by atoms with van der Waals surface area (Å²) in [5.41, 5.74) is 7.93. The predicted octanol–water partition coefficient (Wildman–Crippen LogP) is 4.17. The first-order chi connectivity index (χ1) is 15.3. The Morgan fingerprint density at radius 1 is 1.03 bits per heavy atom. The van der Waals surface area contributed by atoms with E-state index in [1.807, 2.05) is 30.5 Å². The maximum Gasteiger partial charge on any atom is 0.136 e. The molecule has 0 amide bonds.